The SMILES string of the molecule is Cc1cc(OCC(=O)N[C@H](C)c2ccc(N3CCC[C@@H](C)C3)cc2)ccc1Br. The zero-order valence-electron chi connectivity index (χ0n) is 16.9. The highest BCUT2D eigenvalue weighted by Gasteiger charge is 2.17. The molecule has 5 heteroatoms. The quantitative estimate of drug-likeness (QED) is 0.661. The van der Waals surface area contributed by atoms with Crippen molar-refractivity contribution in [3.63, 3.8) is 0 Å². The molecule has 0 radical (unpaired) electrons. The topological polar surface area (TPSA) is 41.6 Å². The monoisotopic (exact) mass is 444 g/mol. The van der Waals surface area contributed by atoms with Crippen LogP contribution in [0.15, 0.2) is 46.9 Å². The van der Waals surface area contributed by atoms with Crippen LogP contribution in [0.4, 0.5) is 5.69 Å². The van der Waals surface area contributed by atoms with Crippen molar-refractivity contribution in [2.24, 2.45) is 5.92 Å². The summed E-state index contributed by atoms with van der Waals surface area (Å²) in [5, 5.41) is 3.01. The number of anilines is 1. The molecule has 150 valence electrons. The van der Waals surface area contributed by atoms with E-state index in [1.165, 1.54) is 18.5 Å². The summed E-state index contributed by atoms with van der Waals surface area (Å²) in [5.74, 6) is 1.33. The van der Waals surface area contributed by atoms with Crippen molar-refractivity contribution in [2.75, 3.05) is 24.6 Å². The fraction of sp³-hybridized carbons (Fsp3) is 0.435. The van der Waals surface area contributed by atoms with Crippen molar-refractivity contribution in [3.05, 3.63) is 58.1 Å². The number of amides is 1. The Balaban J connectivity index is 1.51. The van der Waals surface area contributed by atoms with Crippen molar-refractivity contribution in [1.29, 1.82) is 0 Å². The summed E-state index contributed by atoms with van der Waals surface area (Å²) in [6.07, 6.45) is 2.58. The number of halogens is 1. The molecule has 1 aliphatic heterocycles. The lowest BCUT2D eigenvalue weighted by molar-refractivity contribution is -0.123. The number of carbonyl (C=O) groups is 1. The molecule has 0 spiro atoms. The second-order valence-electron chi connectivity index (χ2n) is 7.77. The lowest BCUT2D eigenvalue weighted by atomic mass is 9.99. The summed E-state index contributed by atoms with van der Waals surface area (Å²) >= 11 is 3.46. The van der Waals surface area contributed by atoms with Gasteiger partial charge in [-0.3, -0.25) is 4.79 Å². The molecule has 2 aromatic carbocycles. The first-order valence-corrected chi connectivity index (χ1v) is 10.7. The number of aryl methyl sites for hydroxylation is 1. The van der Waals surface area contributed by atoms with Gasteiger partial charge in [-0.05, 0) is 74.1 Å². The van der Waals surface area contributed by atoms with E-state index in [0.717, 1.165) is 34.6 Å². The van der Waals surface area contributed by atoms with Crippen LogP contribution in [0.2, 0.25) is 0 Å². The zero-order chi connectivity index (χ0) is 20.1. The van der Waals surface area contributed by atoms with Crippen LogP contribution in [0.3, 0.4) is 0 Å². The third-order valence-electron chi connectivity index (χ3n) is 5.29. The van der Waals surface area contributed by atoms with Crippen LogP contribution in [0.25, 0.3) is 0 Å². The highest BCUT2D eigenvalue weighted by molar-refractivity contribution is 9.10. The van der Waals surface area contributed by atoms with E-state index in [2.05, 4.69) is 57.3 Å². The van der Waals surface area contributed by atoms with Crippen LogP contribution < -0.4 is 15.0 Å². The molecule has 0 bridgehead atoms. The van der Waals surface area contributed by atoms with Crippen molar-refractivity contribution in [2.45, 2.75) is 39.7 Å². The Labute approximate surface area is 176 Å². The van der Waals surface area contributed by atoms with E-state index >= 15 is 0 Å². The molecule has 1 amide bonds. The zero-order valence-corrected chi connectivity index (χ0v) is 18.5. The molecule has 0 aromatic heterocycles. The molecule has 28 heavy (non-hydrogen) atoms. The first-order valence-electron chi connectivity index (χ1n) is 9.95. The minimum absolute atomic E-state index is 0.00909. The molecule has 2 aromatic rings. The van der Waals surface area contributed by atoms with Gasteiger partial charge in [0.05, 0.1) is 6.04 Å². The Kier molecular flexibility index (Phi) is 7.00. The molecule has 1 aliphatic rings. The van der Waals surface area contributed by atoms with E-state index in [4.69, 9.17) is 4.74 Å². The summed E-state index contributed by atoms with van der Waals surface area (Å²) in [7, 11) is 0. The average Bonchev–Trinajstić information content (AvgIpc) is 2.69. The van der Waals surface area contributed by atoms with Crippen LogP contribution in [-0.2, 0) is 4.79 Å². The summed E-state index contributed by atoms with van der Waals surface area (Å²) < 4.78 is 6.64. The van der Waals surface area contributed by atoms with Gasteiger partial charge in [0.1, 0.15) is 5.75 Å². The van der Waals surface area contributed by atoms with E-state index in [9.17, 15) is 4.79 Å². The van der Waals surface area contributed by atoms with Gasteiger partial charge >= 0.3 is 0 Å². The highest BCUT2D eigenvalue weighted by Crippen LogP contribution is 2.25. The fourth-order valence-corrected chi connectivity index (χ4v) is 3.87. The molecule has 2 atom stereocenters. The number of hydrogen-bond acceptors (Lipinski definition) is 3. The van der Waals surface area contributed by atoms with Crippen LogP contribution in [0.1, 0.15) is 43.9 Å². The summed E-state index contributed by atoms with van der Waals surface area (Å²) in [6, 6.07) is 14.2. The van der Waals surface area contributed by atoms with E-state index < -0.39 is 0 Å². The molecule has 3 rings (SSSR count). The molecule has 1 saturated heterocycles. The average molecular weight is 445 g/mol. The standard InChI is InChI=1S/C23H29BrN2O2/c1-16-5-4-12-26(14-16)20-8-6-19(7-9-20)18(3)25-23(27)15-28-21-10-11-22(24)17(2)13-21/h6-11,13,16,18H,4-5,12,14-15H2,1-3H3,(H,25,27)/t16-,18-/m1/s1. The van der Waals surface area contributed by atoms with E-state index in [1.807, 2.05) is 32.0 Å². The maximum absolute atomic E-state index is 12.2. The summed E-state index contributed by atoms with van der Waals surface area (Å²) in [6.45, 7) is 8.57. The number of nitrogens with zero attached hydrogens (tertiary/aromatic N) is 1. The number of ether oxygens (including phenoxy) is 1. The van der Waals surface area contributed by atoms with Crippen molar-refractivity contribution in [3.8, 4) is 5.75 Å². The number of hydrogen-bond donors (Lipinski definition) is 1. The molecule has 0 unspecified atom stereocenters. The molecule has 4 nitrogen and oxygen atoms in total. The normalized spacial score (nSPS) is 17.9. The predicted molar refractivity (Wildman–Crippen MR) is 118 cm³/mol. The van der Waals surface area contributed by atoms with Gasteiger partial charge in [-0.1, -0.05) is 35.0 Å². The maximum Gasteiger partial charge on any atom is 0.258 e. The first-order chi connectivity index (χ1) is 13.4. The van der Waals surface area contributed by atoms with Gasteiger partial charge in [0.2, 0.25) is 0 Å². The molecular formula is C23H29BrN2O2. The Bertz CT molecular complexity index is 807. The van der Waals surface area contributed by atoms with E-state index in [0.29, 0.717) is 5.75 Å². The summed E-state index contributed by atoms with van der Waals surface area (Å²) in [5.41, 5.74) is 3.44. The number of carbonyl (C=O) groups excluding carboxylic acids is 1. The lowest BCUT2D eigenvalue weighted by Crippen LogP contribution is -2.34. The maximum atomic E-state index is 12.2. The third kappa shape index (κ3) is 5.51. The number of piperidine rings is 1. The van der Waals surface area contributed by atoms with Crippen molar-refractivity contribution >= 4 is 27.5 Å². The Morgan fingerprint density at radius 2 is 2.04 bits per heavy atom. The first kappa shape index (κ1) is 20.7. The molecule has 0 aliphatic carbocycles. The van der Waals surface area contributed by atoms with Gasteiger partial charge in [-0.15, -0.1) is 0 Å². The molecule has 1 N–H and O–H groups in total. The molecular weight excluding hydrogens is 416 g/mol. The van der Waals surface area contributed by atoms with Gasteiger partial charge in [-0.2, -0.15) is 0 Å². The van der Waals surface area contributed by atoms with Gasteiger partial charge in [-0.25, -0.2) is 0 Å². The Morgan fingerprint density at radius 1 is 1.29 bits per heavy atom. The second kappa shape index (κ2) is 9.46. The highest BCUT2D eigenvalue weighted by atomic mass is 79.9. The van der Waals surface area contributed by atoms with Crippen LogP contribution >= 0.6 is 15.9 Å². The number of benzene rings is 2. The van der Waals surface area contributed by atoms with Crippen molar-refractivity contribution < 1.29 is 9.53 Å². The number of nitrogens with one attached hydrogen (secondary N) is 1. The minimum Gasteiger partial charge on any atom is -0.484 e. The Hall–Kier alpha value is -2.01. The van der Waals surface area contributed by atoms with Gasteiger partial charge in [0.25, 0.3) is 5.91 Å². The van der Waals surface area contributed by atoms with Gasteiger partial charge in [0, 0.05) is 23.2 Å². The van der Waals surface area contributed by atoms with Crippen LogP contribution in [0.5, 0.6) is 5.75 Å². The second-order valence-corrected chi connectivity index (χ2v) is 8.63. The molecule has 1 heterocycles. The van der Waals surface area contributed by atoms with Gasteiger partial charge in [0.15, 0.2) is 6.61 Å². The smallest absolute Gasteiger partial charge is 0.258 e. The third-order valence-corrected chi connectivity index (χ3v) is 6.18. The molecule has 0 saturated carbocycles. The lowest BCUT2D eigenvalue weighted by Gasteiger charge is -2.33. The van der Waals surface area contributed by atoms with Crippen LogP contribution in [-0.4, -0.2) is 25.6 Å². The van der Waals surface area contributed by atoms with Crippen molar-refractivity contribution in [1.82, 2.24) is 5.32 Å². The largest absolute Gasteiger partial charge is 0.484 e. The molecule has 1 fully saturated rings. The predicted octanol–water partition coefficient (Wildman–Crippen LogP) is 5.25. The van der Waals surface area contributed by atoms with Crippen LogP contribution in [0, 0.1) is 12.8 Å². The Morgan fingerprint density at radius 3 is 2.71 bits per heavy atom. The van der Waals surface area contributed by atoms with Gasteiger partial charge < -0.3 is 15.0 Å². The van der Waals surface area contributed by atoms with E-state index in [1.54, 1.807) is 0 Å². The summed E-state index contributed by atoms with van der Waals surface area (Å²) in [4.78, 5) is 14.7. The number of rotatable bonds is 6. The van der Waals surface area contributed by atoms with E-state index in [-0.39, 0.29) is 18.6 Å². The fourth-order valence-electron chi connectivity index (χ4n) is 3.62. The minimum atomic E-state index is -0.123.